The van der Waals surface area contributed by atoms with Gasteiger partial charge in [-0.3, -0.25) is 9.59 Å². The smallest absolute Gasteiger partial charge is 0.463 e. The highest BCUT2D eigenvalue weighted by Crippen LogP contribution is 2.35. The lowest BCUT2D eigenvalue weighted by Gasteiger charge is -2.20. The molecule has 1 unspecified atom stereocenters. The van der Waals surface area contributed by atoms with E-state index in [4.69, 9.17) is 5.11 Å². The third-order valence-corrected chi connectivity index (χ3v) is 2.14. The van der Waals surface area contributed by atoms with Crippen molar-refractivity contribution in [1.29, 1.82) is 0 Å². The third-order valence-electron chi connectivity index (χ3n) is 2.14. The van der Waals surface area contributed by atoms with Crippen LogP contribution in [0.15, 0.2) is 0 Å². The van der Waals surface area contributed by atoms with Gasteiger partial charge in [0.2, 0.25) is 0 Å². The maximum absolute atomic E-state index is 12.5. The molecule has 9 heteroatoms. The molecule has 0 aromatic rings. The number of carbonyl (C=O) groups is 2. The maximum Gasteiger partial charge on any atom is 0.463 e. The van der Waals surface area contributed by atoms with Gasteiger partial charge in [0.1, 0.15) is 0 Å². The van der Waals surface area contributed by atoms with E-state index in [1.165, 1.54) is 5.32 Å². The standard InChI is InChI=1S/C9H12F5NO3/c1-2-3-5(6(16)17)4-15-7(18)8(10,11)9(12,13)14/h5H,2-4H2,1H3,(H,15,18)(H,16,17). The number of hydrogen-bond acceptors (Lipinski definition) is 2. The summed E-state index contributed by atoms with van der Waals surface area (Å²) in [6.45, 7) is 0.843. The zero-order valence-electron chi connectivity index (χ0n) is 9.35. The molecule has 1 amide bonds. The van der Waals surface area contributed by atoms with Crippen LogP contribution in [0, 0.1) is 5.92 Å². The van der Waals surface area contributed by atoms with Crippen molar-refractivity contribution in [3.8, 4) is 0 Å². The van der Waals surface area contributed by atoms with E-state index < -0.39 is 36.4 Å². The zero-order valence-corrected chi connectivity index (χ0v) is 9.35. The van der Waals surface area contributed by atoms with E-state index >= 15 is 0 Å². The molecule has 0 heterocycles. The molecule has 4 nitrogen and oxygen atoms in total. The molecule has 0 aliphatic carbocycles. The topological polar surface area (TPSA) is 66.4 Å². The summed E-state index contributed by atoms with van der Waals surface area (Å²) in [5.74, 6) is -10.6. The van der Waals surface area contributed by atoms with Crippen molar-refractivity contribution < 1.29 is 36.6 Å². The van der Waals surface area contributed by atoms with Gasteiger partial charge in [-0.05, 0) is 6.42 Å². The average Bonchev–Trinajstić information content (AvgIpc) is 2.21. The number of aliphatic carboxylic acids is 1. The summed E-state index contributed by atoms with van der Waals surface area (Å²) in [5, 5.41) is 9.92. The first-order chi connectivity index (χ1) is 8.04. The molecule has 0 fully saturated rings. The molecule has 0 aromatic heterocycles. The predicted molar refractivity (Wildman–Crippen MR) is 50.0 cm³/mol. The number of nitrogens with one attached hydrogen (secondary N) is 1. The Bertz CT molecular complexity index is 316. The number of carboxylic acids is 1. The number of carboxylic acid groups (broad SMARTS) is 1. The van der Waals surface area contributed by atoms with Gasteiger partial charge >= 0.3 is 18.1 Å². The van der Waals surface area contributed by atoms with E-state index in [-0.39, 0.29) is 6.42 Å². The van der Waals surface area contributed by atoms with Crippen molar-refractivity contribution >= 4 is 11.9 Å². The van der Waals surface area contributed by atoms with Crippen LogP contribution in [0.2, 0.25) is 0 Å². The van der Waals surface area contributed by atoms with E-state index in [0.29, 0.717) is 6.42 Å². The van der Waals surface area contributed by atoms with Gasteiger partial charge in [0.05, 0.1) is 5.92 Å². The minimum atomic E-state index is -6.00. The van der Waals surface area contributed by atoms with Crippen molar-refractivity contribution in [3.63, 3.8) is 0 Å². The molecule has 0 bridgehead atoms. The van der Waals surface area contributed by atoms with E-state index in [1.807, 2.05) is 0 Å². The molecule has 0 saturated heterocycles. The fraction of sp³-hybridized carbons (Fsp3) is 0.778. The predicted octanol–water partition coefficient (Wildman–Crippen LogP) is 1.80. The van der Waals surface area contributed by atoms with E-state index in [2.05, 4.69) is 0 Å². The first-order valence-corrected chi connectivity index (χ1v) is 4.99. The summed E-state index contributed by atoms with van der Waals surface area (Å²) in [7, 11) is 0. The molecule has 0 rings (SSSR count). The van der Waals surface area contributed by atoms with Crippen molar-refractivity contribution in [3.05, 3.63) is 0 Å². The number of alkyl halides is 5. The van der Waals surface area contributed by atoms with Gasteiger partial charge in [-0.1, -0.05) is 13.3 Å². The van der Waals surface area contributed by atoms with Crippen LogP contribution in [-0.2, 0) is 9.59 Å². The molecular formula is C9H12F5NO3. The summed E-state index contributed by atoms with van der Waals surface area (Å²) in [6.07, 6.45) is -5.55. The third kappa shape index (κ3) is 4.11. The highest BCUT2D eigenvalue weighted by molar-refractivity contribution is 5.84. The van der Waals surface area contributed by atoms with Gasteiger partial charge in [0.25, 0.3) is 5.91 Å². The first kappa shape index (κ1) is 16.6. The summed E-state index contributed by atoms with van der Waals surface area (Å²) in [5.41, 5.74) is 0. The second-order valence-electron chi connectivity index (χ2n) is 3.61. The Morgan fingerprint density at radius 3 is 2.06 bits per heavy atom. The van der Waals surface area contributed by atoms with Crippen molar-refractivity contribution in [2.24, 2.45) is 5.92 Å². The van der Waals surface area contributed by atoms with Crippen LogP contribution >= 0.6 is 0 Å². The highest BCUT2D eigenvalue weighted by Gasteiger charge is 2.63. The second-order valence-corrected chi connectivity index (χ2v) is 3.61. The van der Waals surface area contributed by atoms with Crippen LogP contribution in [0.4, 0.5) is 22.0 Å². The molecule has 0 aliphatic heterocycles. The number of amides is 1. The van der Waals surface area contributed by atoms with Crippen LogP contribution in [0.3, 0.4) is 0 Å². The summed E-state index contributed by atoms with van der Waals surface area (Å²) < 4.78 is 60.3. The SMILES string of the molecule is CCCC(CNC(=O)C(F)(F)C(F)(F)F)C(=O)O. The Hall–Kier alpha value is -1.41. The van der Waals surface area contributed by atoms with Gasteiger partial charge in [-0.25, -0.2) is 0 Å². The summed E-state index contributed by atoms with van der Waals surface area (Å²) >= 11 is 0. The molecule has 0 aliphatic rings. The van der Waals surface area contributed by atoms with Gasteiger partial charge in [0, 0.05) is 6.54 Å². The molecular weight excluding hydrogens is 265 g/mol. The maximum atomic E-state index is 12.5. The fourth-order valence-corrected chi connectivity index (χ4v) is 1.12. The fourth-order valence-electron chi connectivity index (χ4n) is 1.12. The zero-order chi connectivity index (χ0) is 14.6. The Kier molecular flexibility index (Phi) is 5.50. The Morgan fingerprint density at radius 2 is 1.72 bits per heavy atom. The summed E-state index contributed by atoms with van der Waals surface area (Å²) in [6, 6.07) is 0. The van der Waals surface area contributed by atoms with Gasteiger partial charge < -0.3 is 10.4 Å². The molecule has 0 spiro atoms. The second kappa shape index (κ2) is 5.96. The minimum Gasteiger partial charge on any atom is -0.481 e. The lowest BCUT2D eigenvalue weighted by molar-refractivity contribution is -0.269. The molecule has 0 radical (unpaired) electrons. The van der Waals surface area contributed by atoms with Crippen LogP contribution in [0.1, 0.15) is 19.8 Å². The lowest BCUT2D eigenvalue weighted by Crippen LogP contribution is -2.51. The van der Waals surface area contributed by atoms with Crippen LogP contribution in [0.25, 0.3) is 0 Å². The normalized spacial score (nSPS) is 14.1. The monoisotopic (exact) mass is 277 g/mol. The summed E-state index contributed by atoms with van der Waals surface area (Å²) in [4.78, 5) is 21.3. The van der Waals surface area contributed by atoms with E-state index in [9.17, 15) is 31.5 Å². The molecule has 2 N–H and O–H groups in total. The number of halogens is 5. The number of carbonyl (C=O) groups excluding carboxylic acids is 1. The van der Waals surface area contributed by atoms with Crippen molar-refractivity contribution in [1.82, 2.24) is 5.32 Å². The van der Waals surface area contributed by atoms with Crippen molar-refractivity contribution in [2.75, 3.05) is 6.54 Å². The first-order valence-electron chi connectivity index (χ1n) is 4.99. The van der Waals surface area contributed by atoms with E-state index in [0.717, 1.165) is 0 Å². The molecule has 0 aromatic carbocycles. The highest BCUT2D eigenvalue weighted by atomic mass is 19.4. The molecule has 1 atom stereocenters. The van der Waals surface area contributed by atoms with Crippen LogP contribution < -0.4 is 5.32 Å². The quantitative estimate of drug-likeness (QED) is 0.727. The van der Waals surface area contributed by atoms with Crippen LogP contribution in [-0.4, -0.2) is 35.6 Å². The van der Waals surface area contributed by atoms with Gasteiger partial charge in [0.15, 0.2) is 0 Å². The average molecular weight is 277 g/mol. The minimum absolute atomic E-state index is 0.0627. The molecule has 0 saturated carbocycles. The van der Waals surface area contributed by atoms with E-state index in [1.54, 1.807) is 6.92 Å². The molecule has 18 heavy (non-hydrogen) atoms. The van der Waals surface area contributed by atoms with Gasteiger partial charge in [-0.2, -0.15) is 22.0 Å². The Labute approximate surface area is 99.2 Å². The molecule has 106 valence electrons. The van der Waals surface area contributed by atoms with Crippen LogP contribution in [0.5, 0.6) is 0 Å². The number of rotatable bonds is 6. The lowest BCUT2D eigenvalue weighted by atomic mass is 10.0. The Balaban J connectivity index is 4.54. The largest absolute Gasteiger partial charge is 0.481 e. The van der Waals surface area contributed by atoms with Crippen molar-refractivity contribution in [2.45, 2.75) is 31.9 Å². The Morgan fingerprint density at radius 1 is 1.22 bits per heavy atom. The van der Waals surface area contributed by atoms with Gasteiger partial charge in [-0.15, -0.1) is 0 Å². The number of hydrogen-bond donors (Lipinski definition) is 2.